The highest BCUT2D eigenvalue weighted by atomic mass is 16.5. The predicted octanol–water partition coefficient (Wildman–Crippen LogP) is 6.09. The molecule has 5 nitrogen and oxygen atoms in total. The second-order valence-electron chi connectivity index (χ2n) is 8.71. The Balaban J connectivity index is 1.51. The Hall–Kier alpha value is -3.60. The molecule has 5 heteroatoms. The van der Waals surface area contributed by atoms with Gasteiger partial charge >= 0.3 is 0 Å². The van der Waals surface area contributed by atoms with Crippen LogP contribution >= 0.6 is 0 Å². The van der Waals surface area contributed by atoms with Gasteiger partial charge in [-0.15, -0.1) is 0 Å². The van der Waals surface area contributed by atoms with Crippen molar-refractivity contribution in [2.24, 2.45) is 0 Å². The Morgan fingerprint density at radius 1 is 0.971 bits per heavy atom. The van der Waals surface area contributed by atoms with Gasteiger partial charge in [-0.3, -0.25) is 9.78 Å². The van der Waals surface area contributed by atoms with E-state index in [9.17, 15) is 4.79 Å². The molecular formula is C30H36N2O3. The molecule has 0 aliphatic heterocycles. The van der Waals surface area contributed by atoms with Crippen LogP contribution in [0.25, 0.3) is 0 Å². The molecule has 0 aliphatic carbocycles. The molecule has 35 heavy (non-hydrogen) atoms. The monoisotopic (exact) mass is 472 g/mol. The third-order valence-corrected chi connectivity index (χ3v) is 6.05. The topological polar surface area (TPSA) is 60.5 Å². The van der Waals surface area contributed by atoms with Gasteiger partial charge in [0.05, 0.1) is 14.2 Å². The molecule has 0 saturated carbocycles. The summed E-state index contributed by atoms with van der Waals surface area (Å²) >= 11 is 0. The normalized spacial score (nSPS) is 12.0. The number of aromatic nitrogens is 1. The van der Waals surface area contributed by atoms with Crippen molar-refractivity contribution in [3.05, 3.63) is 102 Å². The SMILES string of the molecule is COc1ccc(C(C=CCCC(=O)NC(C)CCCc2cccnc2)c2ccc(OC)cc2)cc1. The first-order valence-corrected chi connectivity index (χ1v) is 12.2. The van der Waals surface area contributed by atoms with Crippen LogP contribution in [-0.2, 0) is 11.2 Å². The Labute approximate surface area is 209 Å². The smallest absolute Gasteiger partial charge is 0.220 e. The Morgan fingerprint density at radius 3 is 2.14 bits per heavy atom. The molecule has 0 aliphatic rings. The fraction of sp³-hybridized carbons (Fsp3) is 0.333. The Kier molecular flexibility index (Phi) is 10.4. The summed E-state index contributed by atoms with van der Waals surface area (Å²) in [5.41, 5.74) is 3.57. The van der Waals surface area contributed by atoms with Crippen LogP contribution in [0.15, 0.2) is 85.2 Å². The molecule has 0 spiro atoms. The van der Waals surface area contributed by atoms with Gasteiger partial charge in [0, 0.05) is 30.8 Å². The van der Waals surface area contributed by atoms with Gasteiger partial charge in [0.2, 0.25) is 5.91 Å². The zero-order valence-corrected chi connectivity index (χ0v) is 20.9. The number of methoxy groups -OCH3 is 2. The summed E-state index contributed by atoms with van der Waals surface area (Å²) in [6.07, 6.45) is 12.1. The maximum Gasteiger partial charge on any atom is 0.220 e. The number of carbonyl (C=O) groups excluding carboxylic acids is 1. The van der Waals surface area contributed by atoms with E-state index in [1.54, 1.807) is 20.4 Å². The Morgan fingerprint density at radius 2 is 1.60 bits per heavy atom. The average Bonchev–Trinajstić information content (AvgIpc) is 2.89. The molecule has 1 N–H and O–H groups in total. The van der Waals surface area contributed by atoms with Crippen molar-refractivity contribution in [3.8, 4) is 11.5 Å². The van der Waals surface area contributed by atoms with E-state index in [0.717, 1.165) is 30.8 Å². The number of carbonyl (C=O) groups is 1. The minimum Gasteiger partial charge on any atom is -0.497 e. The number of aryl methyl sites for hydroxylation is 1. The molecule has 0 bridgehead atoms. The number of nitrogens with zero attached hydrogens (tertiary/aromatic N) is 1. The number of nitrogens with one attached hydrogen (secondary N) is 1. The van der Waals surface area contributed by atoms with Crippen LogP contribution in [0.4, 0.5) is 0 Å². The van der Waals surface area contributed by atoms with Gasteiger partial charge in [0.25, 0.3) is 0 Å². The van der Waals surface area contributed by atoms with Gasteiger partial charge in [-0.05, 0) is 79.6 Å². The van der Waals surface area contributed by atoms with Crippen molar-refractivity contribution in [2.45, 2.75) is 51.0 Å². The van der Waals surface area contributed by atoms with Crippen LogP contribution < -0.4 is 14.8 Å². The van der Waals surface area contributed by atoms with E-state index in [1.165, 1.54) is 16.7 Å². The third-order valence-electron chi connectivity index (χ3n) is 6.05. The summed E-state index contributed by atoms with van der Waals surface area (Å²) in [6, 6.07) is 20.4. The first-order valence-electron chi connectivity index (χ1n) is 12.2. The zero-order valence-electron chi connectivity index (χ0n) is 20.9. The van der Waals surface area contributed by atoms with Crippen LogP contribution in [0.2, 0.25) is 0 Å². The van der Waals surface area contributed by atoms with Crippen molar-refractivity contribution >= 4 is 5.91 Å². The number of hydrogen-bond acceptors (Lipinski definition) is 4. The second-order valence-corrected chi connectivity index (χ2v) is 8.71. The third kappa shape index (κ3) is 8.60. The first-order chi connectivity index (χ1) is 17.1. The van der Waals surface area contributed by atoms with Crippen LogP contribution in [-0.4, -0.2) is 31.2 Å². The molecule has 0 radical (unpaired) electrons. The largest absolute Gasteiger partial charge is 0.497 e. The summed E-state index contributed by atoms with van der Waals surface area (Å²) in [6.45, 7) is 2.07. The van der Waals surface area contributed by atoms with Crippen LogP contribution in [0.5, 0.6) is 11.5 Å². The maximum atomic E-state index is 12.4. The van der Waals surface area contributed by atoms with Crippen LogP contribution in [0, 0.1) is 0 Å². The number of hydrogen-bond donors (Lipinski definition) is 1. The molecule has 1 heterocycles. The summed E-state index contributed by atoms with van der Waals surface area (Å²) in [7, 11) is 3.34. The van der Waals surface area contributed by atoms with Gasteiger partial charge in [-0.25, -0.2) is 0 Å². The molecule has 184 valence electrons. The standard InChI is InChI=1S/C30H36N2O3/c1-23(8-6-9-24-10-7-21-31-22-24)32-30(33)12-5-4-11-29(25-13-17-27(34-2)18-14-25)26-15-19-28(35-3)20-16-26/h4,7,10-11,13-23,29H,5-6,8-9,12H2,1-3H3,(H,32,33). The van der Waals surface area contributed by atoms with Crippen molar-refractivity contribution in [1.82, 2.24) is 10.3 Å². The minimum atomic E-state index is 0.0845. The molecule has 3 aromatic rings. The van der Waals surface area contributed by atoms with Crippen molar-refractivity contribution in [1.29, 1.82) is 0 Å². The predicted molar refractivity (Wildman–Crippen MR) is 141 cm³/mol. The molecule has 1 amide bonds. The quantitative estimate of drug-likeness (QED) is 0.306. The number of rotatable bonds is 13. The lowest BCUT2D eigenvalue weighted by molar-refractivity contribution is -0.121. The summed E-state index contributed by atoms with van der Waals surface area (Å²) in [5.74, 6) is 1.84. The van der Waals surface area contributed by atoms with Crippen LogP contribution in [0.1, 0.15) is 55.2 Å². The molecule has 0 fully saturated rings. The van der Waals surface area contributed by atoms with E-state index in [2.05, 4.69) is 59.7 Å². The lowest BCUT2D eigenvalue weighted by Crippen LogP contribution is -2.32. The maximum absolute atomic E-state index is 12.4. The lowest BCUT2D eigenvalue weighted by atomic mass is 9.90. The average molecular weight is 473 g/mol. The fourth-order valence-electron chi connectivity index (χ4n) is 4.06. The minimum absolute atomic E-state index is 0.0845. The van der Waals surface area contributed by atoms with Crippen molar-refractivity contribution in [3.63, 3.8) is 0 Å². The highest BCUT2D eigenvalue weighted by Gasteiger charge is 2.12. The Bertz CT molecular complexity index is 1000. The van der Waals surface area contributed by atoms with E-state index in [4.69, 9.17) is 9.47 Å². The summed E-state index contributed by atoms with van der Waals surface area (Å²) < 4.78 is 10.6. The molecular weight excluding hydrogens is 436 g/mol. The van der Waals surface area contributed by atoms with E-state index >= 15 is 0 Å². The molecule has 2 aromatic carbocycles. The molecule has 3 rings (SSSR count). The number of pyridine rings is 1. The first kappa shape index (κ1) is 26.0. The zero-order chi connectivity index (χ0) is 24.9. The van der Waals surface area contributed by atoms with E-state index in [-0.39, 0.29) is 17.9 Å². The van der Waals surface area contributed by atoms with Crippen LogP contribution in [0.3, 0.4) is 0 Å². The van der Waals surface area contributed by atoms with Gasteiger partial charge in [0.15, 0.2) is 0 Å². The van der Waals surface area contributed by atoms with E-state index in [0.29, 0.717) is 12.8 Å². The molecule has 1 atom stereocenters. The lowest BCUT2D eigenvalue weighted by Gasteiger charge is -2.16. The number of allylic oxidation sites excluding steroid dienone is 2. The summed E-state index contributed by atoms with van der Waals surface area (Å²) in [5, 5.41) is 3.13. The summed E-state index contributed by atoms with van der Waals surface area (Å²) in [4.78, 5) is 16.6. The molecule has 0 saturated heterocycles. The van der Waals surface area contributed by atoms with Gasteiger partial charge in [-0.2, -0.15) is 0 Å². The number of ether oxygens (including phenoxy) is 2. The van der Waals surface area contributed by atoms with E-state index in [1.807, 2.05) is 36.5 Å². The molecule has 1 aromatic heterocycles. The van der Waals surface area contributed by atoms with Crippen molar-refractivity contribution in [2.75, 3.05) is 14.2 Å². The fourth-order valence-corrected chi connectivity index (χ4v) is 4.06. The van der Waals surface area contributed by atoms with E-state index < -0.39 is 0 Å². The van der Waals surface area contributed by atoms with Gasteiger partial charge < -0.3 is 14.8 Å². The van der Waals surface area contributed by atoms with Gasteiger partial charge in [-0.1, -0.05) is 42.5 Å². The highest BCUT2D eigenvalue weighted by Crippen LogP contribution is 2.29. The highest BCUT2D eigenvalue weighted by molar-refractivity contribution is 5.76. The molecule has 1 unspecified atom stereocenters. The van der Waals surface area contributed by atoms with Crippen molar-refractivity contribution < 1.29 is 14.3 Å². The second kappa shape index (κ2) is 14.0. The number of amides is 1. The number of benzene rings is 2. The van der Waals surface area contributed by atoms with Gasteiger partial charge in [0.1, 0.15) is 11.5 Å².